The number of fused-ring (bicyclic) bond motifs is 1. The molecule has 1 aromatic carbocycles. The van der Waals surface area contributed by atoms with Gasteiger partial charge in [-0.05, 0) is 45.0 Å². The van der Waals surface area contributed by atoms with E-state index in [1.54, 1.807) is 15.2 Å². The maximum Gasteiger partial charge on any atom is 0.325 e. The summed E-state index contributed by atoms with van der Waals surface area (Å²) in [6, 6.07) is 7.45. The van der Waals surface area contributed by atoms with Gasteiger partial charge >= 0.3 is 5.69 Å². The van der Waals surface area contributed by atoms with Crippen molar-refractivity contribution in [1.82, 2.24) is 14.1 Å². The molecule has 0 radical (unpaired) electrons. The number of nitrogens with two attached hydrogens (primary N) is 1. The van der Waals surface area contributed by atoms with E-state index in [1.807, 2.05) is 39.0 Å². The van der Waals surface area contributed by atoms with Crippen LogP contribution < -0.4 is 11.4 Å². The molecule has 0 spiro atoms. The highest BCUT2D eigenvalue weighted by Crippen LogP contribution is 2.22. The van der Waals surface area contributed by atoms with Crippen LogP contribution in [0.4, 0.5) is 5.69 Å². The zero-order valence-electron chi connectivity index (χ0n) is 13.5. The van der Waals surface area contributed by atoms with Gasteiger partial charge in [-0.3, -0.25) is 13.9 Å². The molecule has 6 nitrogen and oxygen atoms in total. The van der Waals surface area contributed by atoms with Gasteiger partial charge in [-0.1, -0.05) is 0 Å². The Bertz CT molecular complexity index is 959. The van der Waals surface area contributed by atoms with Crippen LogP contribution in [0.2, 0.25) is 0 Å². The van der Waals surface area contributed by atoms with E-state index in [0.717, 1.165) is 28.0 Å². The number of nitrogens with zero attached hydrogens (tertiary/aromatic N) is 2. The average molecular weight is 312 g/mol. The molecule has 0 saturated carbocycles. The Morgan fingerprint density at radius 1 is 1.22 bits per heavy atom. The molecule has 2 aromatic heterocycles. The Hall–Kier alpha value is -2.76. The molecule has 23 heavy (non-hydrogen) atoms. The molecular formula is C17H20N4O2. The van der Waals surface area contributed by atoms with Gasteiger partial charge in [0.1, 0.15) is 0 Å². The van der Waals surface area contributed by atoms with Crippen molar-refractivity contribution in [2.24, 2.45) is 0 Å². The van der Waals surface area contributed by atoms with Crippen LogP contribution in [-0.2, 0) is 6.54 Å². The third-order valence-corrected chi connectivity index (χ3v) is 4.30. The van der Waals surface area contributed by atoms with E-state index in [-0.39, 0.29) is 18.0 Å². The fourth-order valence-corrected chi connectivity index (χ4v) is 2.96. The number of anilines is 1. The second-order valence-corrected chi connectivity index (χ2v) is 5.88. The lowest BCUT2D eigenvalue weighted by Gasteiger charge is -2.08. The van der Waals surface area contributed by atoms with Crippen molar-refractivity contribution in [2.45, 2.75) is 33.7 Å². The minimum Gasteiger partial charge on any atom is -0.399 e. The van der Waals surface area contributed by atoms with Crippen molar-refractivity contribution in [3.8, 4) is 0 Å². The van der Waals surface area contributed by atoms with E-state index in [9.17, 15) is 9.59 Å². The lowest BCUT2D eigenvalue weighted by Crippen LogP contribution is -2.22. The number of benzene rings is 1. The number of nitrogens with one attached hydrogen (secondary N) is 1. The van der Waals surface area contributed by atoms with Gasteiger partial charge in [0, 0.05) is 41.1 Å². The van der Waals surface area contributed by atoms with Crippen LogP contribution in [0.3, 0.4) is 0 Å². The molecule has 0 aliphatic heterocycles. The van der Waals surface area contributed by atoms with Gasteiger partial charge in [0.25, 0.3) is 0 Å². The van der Waals surface area contributed by atoms with Crippen molar-refractivity contribution in [1.29, 1.82) is 0 Å². The standard InChI is InChI=1S/C17H20N4O2/c1-10-8-13-9-14(18)4-5-15(13)21(10)16(22)6-7-20-12(3)11(2)19-17(20)23/h4-5,8-9H,6-7,18H2,1-3H3,(H,19,23). The zero-order chi connectivity index (χ0) is 16.7. The molecule has 3 N–H and O–H groups in total. The molecule has 0 bridgehead atoms. The molecule has 0 unspecified atom stereocenters. The fraction of sp³-hybridized carbons (Fsp3) is 0.294. The van der Waals surface area contributed by atoms with Gasteiger partial charge in [-0.2, -0.15) is 0 Å². The second-order valence-electron chi connectivity index (χ2n) is 5.88. The number of aromatic nitrogens is 3. The predicted octanol–water partition coefficient (Wildman–Crippen LogP) is 2.37. The molecule has 0 aliphatic carbocycles. The van der Waals surface area contributed by atoms with E-state index >= 15 is 0 Å². The Morgan fingerprint density at radius 2 is 1.96 bits per heavy atom. The summed E-state index contributed by atoms with van der Waals surface area (Å²) in [5, 5.41) is 0.946. The van der Waals surface area contributed by atoms with Crippen LogP contribution in [0.5, 0.6) is 0 Å². The van der Waals surface area contributed by atoms with Gasteiger partial charge in [-0.25, -0.2) is 4.79 Å². The molecular weight excluding hydrogens is 292 g/mol. The molecule has 0 aliphatic rings. The maximum absolute atomic E-state index is 12.6. The number of hydrogen-bond acceptors (Lipinski definition) is 3. The van der Waals surface area contributed by atoms with Gasteiger partial charge in [-0.15, -0.1) is 0 Å². The van der Waals surface area contributed by atoms with Gasteiger partial charge in [0.15, 0.2) is 0 Å². The number of rotatable bonds is 3. The second kappa shape index (κ2) is 5.46. The molecule has 0 saturated heterocycles. The minimum atomic E-state index is -0.172. The highest BCUT2D eigenvalue weighted by atomic mass is 16.2. The summed E-state index contributed by atoms with van der Waals surface area (Å²) in [6.45, 7) is 5.98. The van der Waals surface area contributed by atoms with Crippen molar-refractivity contribution < 1.29 is 4.79 Å². The minimum absolute atomic E-state index is 0.0348. The number of aryl methyl sites for hydroxylation is 2. The number of H-pyrrole nitrogens is 1. The SMILES string of the molecule is Cc1[nH]c(=O)n(CCC(=O)n2c(C)cc3cc(N)ccc32)c1C. The van der Waals surface area contributed by atoms with Gasteiger partial charge in [0.05, 0.1) is 5.52 Å². The number of hydrogen-bond donors (Lipinski definition) is 2. The molecule has 3 rings (SSSR count). The van der Waals surface area contributed by atoms with Crippen molar-refractivity contribution >= 4 is 22.5 Å². The fourth-order valence-electron chi connectivity index (χ4n) is 2.96. The number of carbonyl (C=O) groups is 1. The molecule has 0 amide bonds. The topological polar surface area (TPSA) is 85.8 Å². The number of imidazole rings is 1. The largest absolute Gasteiger partial charge is 0.399 e. The molecule has 3 aromatic rings. The predicted molar refractivity (Wildman–Crippen MR) is 90.9 cm³/mol. The van der Waals surface area contributed by atoms with Crippen LogP contribution in [0.1, 0.15) is 28.3 Å². The smallest absolute Gasteiger partial charge is 0.325 e. The van der Waals surface area contributed by atoms with E-state index in [0.29, 0.717) is 12.2 Å². The quantitative estimate of drug-likeness (QED) is 0.728. The van der Waals surface area contributed by atoms with Gasteiger partial charge < -0.3 is 10.7 Å². The van der Waals surface area contributed by atoms with E-state index < -0.39 is 0 Å². The number of aromatic amines is 1. The number of nitrogen functional groups attached to an aromatic ring is 1. The average Bonchev–Trinajstić information content (AvgIpc) is 2.93. The first-order chi connectivity index (χ1) is 10.9. The Morgan fingerprint density at radius 3 is 2.61 bits per heavy atom. The Balaban J connectivity index is 1.89. The molecule has 120 valence electrons. The normalized spacial score (nSPS) is 11.3. The van der Waals surface area contributed by atoms with E-state index in [1.165, 1.54) is 0 Å². The maximum atomic E-state index is 12.6. The zero-order valence-corrected chi connectivity index (χ0v) is 13.5. The summed E-state index contributed by atoms with van der Waals surface area (Å²) in [6.07, 6.45) is 0.257. The van der Waals surface area contributed by atoms with E-state index in [4.69, 9.17) is 5.73 Å². The summed E-state index contributed by atoms with van der Waals surface area (Å²) in [5.41, 5.74) is 9.70. The lowest BCUT2D eigenvalue weighted by molar-refractivity contribution is 0.0899. The van der Waals surface area contributed by atoms with E-state index in [2.05, 4.69) is 4.98 Å². The summed E-state index contributed by atoms with van der Waals surface area (Å²) in [7, 11) is 0. The van der Waals surface area contributed by atoms with Crippen LogP contribution in [0.15, 0.2) is 29.1 Å². The summed E-state index contributed by atoms with van der Waals surface area (Å²) in [5.74, 6) is -0.0348. The third-order valence-electron chi connectivity index (χ3n) is 4.30. The molecule has 6 heteroatoms. The first kappa shape index (κ1) is 15.1. The Labute approximate surface area is 133 Å². The van der Waals surface area contributed by atoms with Crippen molar-refractivity contribution in [3.05, 3.63) is 51.8 Å². The summed E-state index contributed by atoms with van der Waals surface area (Å²) < 4.78 is 3.29. The highest BCUT2D eigenvalue weighted by molar-refractivity contribution is 5.94. The van der Waals surface area contributed by atoms with Crippen LogP contribution in [0.25, 0.3) is 10.9 Å². The van der Waals surface area contributed by atoms with Crippen LogP contribution in [-0.4, -0.2) is 20.0 Å². The summed E-state index contributed by atoms with van der Waals surface area (Å²) in [4.78, 5) is 27.2. The molecule has 0 atom stereocenters. The van der Waals surface area contributed by atoms with Crippen LogP contribution in [0, 0.1) is 20.8 Å². The molecule has 0 fully saturated rings. The third kappa shape index (κ3) is 2.56. The molecule has 2 heterocycles. The van der Waals surface area contributed by atoms with Gasteiger partial charge in [0.2, 0.25) is 5.91 Å². The van der Waals surface area contributed by atoms with Crippen LogP contribution >= 0.6 is 0 Å². The highest BCUT2D eigenvalue weighted by Gasteiger charge is 2.14. The van der Waals surface area contributed by atoms with Crippen molar-refractivity contribution in [2.75, 3.05) is 5.73 Å². The van der Waals surface area contributed by atoms with Crippen molar-refractivity contribution in [3.63, 3.8) is 0 Å². The Kier molecular flexibility index (Phi) is 3.60. The number of carbonyl (C=O) groups excluding carboxylic acids is 1. The first-order valence-corrected chi connectivity index (χ1v) is 7.55. The first-order valence-electron chi connectivity index (χ1n) is 7.55. The summed E-state index contributed by atoms with van der Waals surface area (Å²) >= 11 is 0. The monoisotopic (exact) mass is 312 g/mol. The lowest BCUT2D eigenvalue weighted by atomic mass is 10.2.